The Hall–Kier alpha value is -2.14. The van der Waals surface area contributed by atoms with Crippen molar-refractivity contribution in [1.29, 1.82) is 0 Å². The van der Waals surface area contributed by atoms with Gasteiger partial charge in [0, 0.05) is 27.1 Å². The lowest BCUT2D eigenvalue weighted by molar-refractivity contribution is 0.0731. The van der Waals surface area contributed by atoms with Gasteiger partial charge in [0.2, 0.25) is 0 Å². The molecule has 5 nitrogen and oxygen atoms in total. The number of rotatable bonds is 5. The largest absolute Gasteiger partial charge is 0.445 e. The Bertz CT molecular complexity index is 703. The third-order valence-corrected chi connectivity index (χ3v) is 4.94. The van der Waals surface area contributed by atoms with E-state index in [0.29, 0.717) is 23.3 Å². The molecule has 0 aliphatic carbocycles. The van der Waals surface area contributed by atoms with E-state index < -0.39 is 0 Å². The van der Waals surface area contributed by atoms with Gasteiger partial charge >= 0.3 is 0 Å². The van der Waals surface area contributed by atoms with Crippen LogP contribution in [-0.4, -0.2) is 47.4 Å². The predicted molar refractivity (Wildman–Crippen MR) is 97.4 cm³/mol. The van der Waals surface area contributed by atoms with Crippen molar-refractivity contribution in [2.24, 2.45) is 5.92 Å². The first kappa shape index (κ1) is 17.7. The second kappa shape index (κ2) is 7.83. The Kier molecular flexibility index (Phi) is 5.53. The number of benzene rings is 1. The zero-order valence-corrected chi connectivity index (χ0v) is 15.4. The summed E-state index contributed by atoms with van der Waals surface area (Å²) in [6.45, 7) is 7.53. The first-order chi connectivity index (χ1) is 12.0. The lowest BCUT2D eigenvalue weighted by Gasteiger charge is -2.33. The lowest BCUT2D eigenvalue weighted by atomic mass is 9.96. The minimum atomic E-state index is -0.0407. The summed E-state index contributed by atoms with van der Waals surface area (Å²) in [6.07, 6.45) is 2.25. The molecule has 0 atom stereocenters. The standard InChI is InChI=1S/C20H27N3O2/c1-15-19(21-16(2)25-15)20(24)22(3)13-18-9-11-23(12-10-18)14-17-7-5-4-6-8-17/h4-8,18H,9-14H2,1-3H3. The SMILES string of the molecule is Cc1nc(C(=O)N(C)CC2CCN(Cc3ccccc3)CC2)c(C)o1. The van der Waals surface area contributed by atoms with E-state index in [1.165, 1.54) is 5.56 Å². The van der Waals surface area contributed by atoms with Gasteiger partial charge in [0.25, 0.3) is 5.91 Å². The van der Waals surface area contributed by atoms with Crippen LogP contribution < -0.4 is 0 Å². The monoisotopic (exact) mass is 341 g/mol. The van der Waals surface area contributed by atoms with Gasteiger partial charge in [-0.15, -0.1) is 0 Å². The smallest absolute Gasteiger partial charge is 0.275 e. The molecule has 1 aliphatic rings. The molecule has 0 unspecified atom stereocenters. The Morgan fingerprint density at radius 1 is 1.24 bits per heavy atom. The molecule has 2 aromatic rings. The number of amides is 1. The van der Waals surface area contributed by atoms with Gasteiger partial charge in [-0.25, -0.2) is 4.98 Å². The van der Waals surface area contributed by atoms with Crippen molar-refractivity contribution < 1.29 is 9.21 Å². The molecule has 0 bridgehead atoms. The zero-order chi connectivity index (χ0) is 17.8. The summed E-state index contributed by atoms with van der Waals surface area (Å²) in [7, 11) is 1.86. The van der Waals surface area contributed by atoms with Gasteiger partial charge in [0.1, 0.15) is 5.76 Å². The van der Waals surface area contributed by atoms with Crippen LogP contribution in [0.25, 0.3) is 0 Å². The molecule has 134 valence electrons. The van der Waals surface area contributed by atoms with Gasteiger partial charge < -0.3 is 9.32 Å². The first-order valence-electron chi connectivity index (χ1n) is 8.98. The lowest BCUT2D eigenvalue weighted by Crippen LogP contribution is -2.39. The molecular weight excluding hydrogens is 314 g/mol. The number of carbonyl (C=O) groups is 1. The summed E-state index contributed by atoms with van der Waals surface area (Å²) in [5.41, 5.74) is 1.81. The van der Waals surface area contributed by atoms with Crippen molar-refractivity contribution in [2.45, 2.75) is 33.2 Å². The Morgan fingerprint density at radius 3 is 2.52 bits per heavy atom. The number of oxazole rings is 1. The minimum absolute atomic E-state index is 0.0407. The minimum Gasteiger partial charge on any atom is -0.445 e. The molecular formula is C20H27N3O2. The highest BCUT2D eigenvalue weighted by molar-refractivity contribution is 5.93. The topological polar surface area (TPSA) is 49.6 Å². The molecule has 0 N–H and O–H groups in total. The second-order valence-corrected chi connectivity index (χ2v) is 7.03. The van der Waals surface area contributed by atoms with E-state index in [9.17, 15) is 4.79 Å². The third kappa shape index (κ3) is 4.48. The first-order valence-corrected chi connectivity index (χ1v) is 8.98. The molecule has 1 aromatic heterocycles. The van der Waals surface area contributed by atoms with Crippen molar-refractivity contribution in [3.63, 3.8) is 0 Å². The van der Waals surface area contributed by atoms with Gasteiger partial charge in [0.05, 0.1) is 0 Å². The van der Waals surface area contributed by atoms with Crippen LogP contribution in [-0.2, 0) is 6.54 Å². The quantitative estimate of drug-likeness (QED) is 0.837. The molecule has 25 heavy (non-hydrogen) atoms. The number of likely N-dealkylation sites (tertiary alicyclic amines) is 1. The molecule has 5 heteroatoms. The van der Waals surface area contributed by atoms with Crippen LogP contribution in [0.1, 0.15) is 40.5 Å². The number of piperidine rings is 1. The molecule has 0 spiro atoms. The number of aryl methyl sites for hydroxylation is 2. The van der Waals surface area contributed by atoms with Crippen LogP contribution >= 0.6 is 0 Å². The van der Waals surface area contributed by atoms with Gasteiger partial charge in [-0.1, -0.05) is 30.3 Å². The zero-order valence-electron chi connectivity index (χ0n) is 15.4. The maximum Gasteiger partial charge on any atom is 0.275 e. The summed E-state index contributed by atoms with van der Waals surface area (Å²) in [6, 6.07) is 10.6. The normalized spacial score (nSPS) is 16.1. The molecule has 1 saturated heterocycles. The maximum atomic E-state index is 12.6. The van der Waals surface area contributed by atoms with Crippen molar-refractivity contribution in [3.8, 4) is 0 Å². The number of hydrogen-bond acceptors (Lipinski definition) is 4. The van der Waals surface area contributed by atoms with Gasteiger partial charge in [0.15, 0.2) is 11.6 Å². The van der Waals surface area contributed by atoms with Crippen LogP contribution in [0.15, 0.2) is 34.7 Å². The molecule has 3 rings (SSSR count). The Labute approximate surface area is 149 Å². The van der Waals surface area contributed by atoms with Crippen LogP contribution in [0.5, 0.6) is 0 Å². The number of aromatic nitrogens is 1. The summed E-state index contributed by atoms with van der Waals surface area (Å²) >= 11 is 0. The van der Waals surface area contributed by atoms with Crippen molar-refractivity contribution in [2.75, 3.05) is 26.7 Å². The molecule has 1 fully saturated rings. The molecule has 0 saturated carbocycles. The molecule has 1 amide bonds. The highest BCUT2D eigenvalue weighted by Crippen LogP contribution is 2.21. The highest BCUT2D eigenvalue weighted by Gasteiger charge is 2.25. The molecule has 1 aromatic carbocycles. The Balaban J connectivity index is 1.48. The average Bonchev–Trinajstić information content (AvgIpc) is 2.95. The van der Waals surface area contributed by atoms with Crippen LogP contribution in [0, 0.1) is 19.8 Å². The fourth-order valence-electron chi connectivity index (χ4n) is 3.55. The van der Waals surface area contributed by atoms with Crippen LogP contribution in [0.2, 0.25) is 0 Å². The maximum absolute atomic E-state index is 12.6. The number of nitrogens with zero attached hydrogens (tertiary/aromatic N) is 3. The summed E-state index contributed by atoms with van der Waals surface area (Å²) in [5.74, 6) is 1.66. The molecule has 0 radical (unpaired) electrons. The van der Waals surface area contributed by atoms with Gasteiger partial charge in [-0.05, 0) is 44.3 Å². The van der Waals surface area contributed by atoms with Gasteiger partial charge in [-0.3, -0.25) is 9.69 Å². The van der Waals surface area contributed by atoms with Crippen molar-refractivity contribution in [1.82, 2.24) is 14.8 Å². The molecule has 2 heterocycles. The highest BCUT2D eigenvalue weighted by atomic mass is 16.4. The second-order valence-electron chi connectivity index (χ2n) is 7.03. The van der Waals surface area contributed by atoms with E-state index in [2.05, 4.69) is 40.2 Å². The van der Waals surface area contributed by atoms with E-state index in [0.717, 1.165) is 39.0 Å². The van der Waals surface area contributed by atoms with E-state index in [-0.39, 0.29) is 5.91 Å². The fourth-order valence-corrected chi connectivity index (χ4v) is 3.55. The van der Waals surface area contributed by atoms with Gasteiger partial charge in [-0.2, -0.15) is 0 Å². The number of hydrogen-bond donors (Lipinski definition) is 0. The molecule has 1 aliphatic heterocycles. The third-order valence-electron chi connectivity index (χ3n) is 4.94. The summed E-state index contributed by atoms with van der Waals surface area (Å²) in [5, 5.41) is 0. The van der Waals surface area contributed by atoms with Crippen LogP contribution in [0.4, 0.5) is 0 Å². The van der Waals surface area contributed by atoms with E-state index >= 15 is 0 Å². The van der Waals surface area contributed by atoms with E-state index in [4.69, 9.17) is 4.42 Å². The average molecular weight is 341 g/mol. The fraction of sp³-hybridized carbons (Fsp3) is 0.500. The predicted octanol–water partition coefficient (Wildman–Crippen LogP) is 3.28. The summed E-state index contributed by atoms with van der Waals surface area (Å²) < 4.78 is 5.38. The van der Waals surface area contributed by atoms with Crippen LogP contribution in [0.3, 0.4) is 0 Å². The summed E-state index contributed by atoms with van der Waals surface area (Å²) in [4.78, 5) is 21.1. The van der Waals surface area contributed by atoms with E-state index in [1.807, 2.05) is 7.05 Å². The van der Waals surface area contributed by atoms with E-state index in [1.54, 1.807) is 18.7 Å². The Morgan fingerprint density at radius 2 is 1.92 bits per heavy atom. The van der Waals surface area contributed by atoms with Crippen molar-refractivity contribution >= 4 is 5.91 Å². The van der Waals surface area contributed by atoms with Crippen molar-refractivity contribution in [3.05, 3.63) is 53.2 Å². The number of carbonyl (C=O) groups excluding carboxylic acids is 1.